The Morgan fingerprint density at radius 2 is 2.07 bits per heavy atom. The van der Waals surface area contributed by atoms with Crippen LogP contribution in [0.5, 0.6) is 5.75 Å². The Morgan fingerprint density at radius 1 is 1.27 bits per heavy atom. The van der Waals surface area contributed by atoms with Gasteiger partial charge in [-0.05, 0) is 48.4 Å². The molecule has 1 saturated heterocycles. The minimum Gasteiger partial charge on any atom is -0.488 e. The molecular weight excluding hydrogens is 422 g/mol. The van der Waals surface area contributed by atoms with Crippen molar-refractivity contribution in [1.82, 2.24) is 4.90 Å². The first-order chi connectivity index (χ1) is 14.2. The third-order valence-corrected chi connectivity index (χ3v) is 6.67. The lowest BCUT2D eigenvalue weighted by atomic mass is 9.89. The number of benzene rings is 1. The Labute approximate surface area is 187 Å². The summed E-state index contributed by atoms with van der Waals surface area (Å²) in [5.41, 5.74) is 6.00. The van der Waals surface area contributed by atoms with Crippen molar-refractivity contribution in [3.63, 3.8) is 0 Å². The number of hydrogen-bond acceptors (Lipinski definition) is 6. The number of nitrogens with zero attached hydrogens (tertiary/aromatic N) is 1. The number of hydrogen-bond donors (Lipinski definition) is 1. The Kier molecular flexibility index (Phi) is 7.94. The molecule has 2 aliphatic heterocycles. The average molecular weight is 450 g/mol. The second-order valence-electron chi connectivity index (χ2n) is 7.54. The number of rotatable bonds is 5. The van der Waals surface area contributed by atoms with Gasteiger partial charge in [0.2, 0.25) is 0 Å². The molecule has 0 unspecified atom stereocenters. The van der Waals surface area contributed by atoms with Crippen LogP contribution in [0, 0.1) is 0 Å². The zero-order valence-electron chi connectivity index (χ0n) is 17.2. The van der Waals surface area contributed by atoms with E-state index in [1.165, 1.54) is 28.7 Å². The van der Waals surface area contributed by atoms with Crippen LogP contribution >= 0.6 is 23.7 Å². The molecule has 1 fully saturated rings. The number of carbonyl (C=O) groups excluding carboxylic acids is 1. The van der Waals surface area contributed by atoms with Crippen molar-refractivity contribution in [3.05, 3.63) is 56.8 Å². The quantitative estimate of drug-likeness (QED) is 0.697. The number of piperidine rings is 1. The lowest BCUT2D eigenvalue weighted by Gasteiger charge is -2.30. The predicted octanol–water partition coefficient (Wildman–Crippen LogP) is 4.06. The van der Waals surface area contributed by atoms with Gasteiger partial charge in [-0.2, -0.15) is 0 Å². The molecule has 0 bridgehead atoms. The molecule has 0 radical (unpaired) electrons. The highest BCUT2D eigenvalue weighted by molar-refractivity contribution is 7.11. The molecule has 7 heteroatoms. The molecule has 4 rings (SSSR count). The maximum Gasteiger partial charge on any atom is 0.309 e. The maximum absolute atomic E-state index is 11.8. The minimum absolute atomic E-state index is 0. The molecule has 1 aromatic carbocycles. The van der Waals surface area contributed by atoms with E-state index in [2.05, 4.69) is 22.4 Å². The number of esters is 1. The lowest BCUT2D eigenvalue weighted by Crippen LogP contribution is -2.32. The molecule has 0 aliphatic carbocycles. The minimum atomic E-state index is -0.234. The highest BCUT2D eigenvalue weighted by Gasteiger charge is 2.26. The maximum atomic E-state index is 11.8. The second kappa shape index (κ2) is 10.4. The highest BCUT2D eigenvalue weighted by Crippen LogP contribution is 2.43. The molecule has 2 aromatic rings. The molecular formula is C23H28ClNO4S. The molecule has 0 spiro atoms. The number of thiophene rings is 1. The largest absolute Gasteiger partial charge is 0.488 e. The van der Waals surface area contributed by atoms with E-state index in [0.717, 1.165) is 55.8 Å². The normalized spacial score (nSPS) is 16.1. The van der Waals surface area contributed by atoms with Crippen molar-refractivity contribution in [2.24, 2.45) is 0 Å². The van der Waals surface area contributed by atoms with Crippen molar-refractivity contribution >= 4 is 35.3 Å². The van der Waals surface area contributed by atoms with E-state index in [0.29, 0.717) is 6.61 Å². The molecule has 1 N–H and O–H groups in total. The van der Waals surface area contributed by atoms with Gasteiger partial charge in [-0.25, -0.2) is 0 Å². The fourth-order valence-corrected chi connectivity index (χ4v) is 5.15. The molecule has 30 heavy (non-hydrogen) atoms. The summed E-state index contributed by atoms with van der Waals surface area (Å²) in [6, 6.07) is 8.19. The SMILES string of the molecule is COC(=O)Cc1ccc2c(c1)C(=C1CCN(CCCO)CC1)c1sccc1CO2.Cl. The van der Waals surface area contributed by atoms with Crippen LogP contribution in [-0.4, -0.2) is 49.3 Å². The van der Waals surface area contributed by atoms with Gasteiger partial charge in [-0.15, -0.1) is 23.7 Å². The van der Waals surface area contributed by atoms with Crippen LogP contribution in [0.3, 0.4) is 0 Å². The van der Waals surface area contributed by atoms with Gasteiger partial charge in [-0.3, -0.25) is 4.79 Å². The van der Waals surface area contributed by atoms with Crippen LogP contribution in [0.25, 0.3) is 5.57 Å². The Morgan fingerprint density at radius 3 is 2.80 bits per heavy atom. The molecule has 0 atom stereocenters. The number of aliphatic hydroxyl groups is 1. The smallest absolute Gasteiger partial charge is 0.309 e. The molecule has 162 valence electrons. The number of halogens is 1. The fraction of sp³-hybridized carbons (Fsp3) is 0.435. The predicted molar refractivity (Wildman–Crippen MR) is 121 cm³/mol. The molecule has 1 aromatic heterocycles. The first-order valence-electron chi connectivity index (χ1n) is 10.1. The number of fused-ring (bicyclic) bond motifs is 2. The summed E-state index contributed by atoms with van der Waals surface area (Å²) in [7, 11) is 1.42. The Hall–Kier alpha value is -1.86. The average Bonchev–Trinajstić information content (AvgIpc) is 3.15. The van der Waals surface area contributed by atoms with E-state index in [1.54, 1.807) is 11.3 Å². The van der Waals surface area contributed by atoms with E-state index in [1.807, 2.05) is 12.1 Å². The standard InChI is InChI=1S/C23H27NO4S.ClH/c1-27-21(26)14-16-3-4-20-19(13-16)22(23-18(15-28-20)7-12-29-23)17-5-9-24(10-6-17)8-2-11-25;/h3-4,7,12-13,25H,2,5-6,8-11,14-15H2,1H3;1H. The summed E-state index contributed by atoms with van der Waals surface area (Å²) in [6.45, 7) is 3.79. The van der Waals surface area contributed by atoms with Gasteiger partial charge in [0.1, 0.15) is 12.4 Å². The number of carbonyl (C=O) groups is 1. The van der Waals surface area contributed by atoms with Crippen LogP contribution in [0.1, 0.15) is 40.8 Å². The van der Waals surface area contributed by atoms with Crippen molar-refractivity contribution < 1.29 is 19.4 Å². The zero-order chi connectivity index (χ0) is 20.2. The van der Waals surface area contributed by atoms with Crippen molar-refractivity contribution in [2.75, 3.05) is 33.4 Å². The summed E-state index contributed by atoms with van der Waals surface area (Å²) < 4.78 is 11.0. The van der Waals surface area contributed by atoms with Crippen LogP contribution in [-0.2, 0) is 22.6 Å². The van der Waals surface area contributed by atoms with Gasteiger partial charge in [0.25, 0.3) is 0 Å². The van der Waals surface area contributed by atoms with Gasteiger partial charge in [0.15, 0.2) is 0 Å². The van der Waals surface area contributed by atoms with Crippen LogP contribution in [0.2, 0.25) is 0 Å². The third-order valence-electron chi connectivity index (χ3n) is 5.69. The van der Waals surface area contributed by atoms with Gasteiger partial charge in [-0.1, -0.05) is 11.6 Å². The van der Waals surface area contributed by atoms with Gasteiger partial charge < -0.3 is 19.5 Å². The third kappa shape index (κ3) is 4.89. The topological polar surface area (TPSA) is 59.0 Å². The van der Waals surface area contributed by atoms with Crippen LogP contribution in [0.15, 0.2) is 35.2 Å². The van der Waals surface area contributed by atoms with E-state index < -0.39 is 0 Å². The summed E-state index contributed by atoms with van der Waals surface area (Å²) in [5, 5.41) is 11.2. The van der Waals surface area contributed by atoms with Crippen molar-refractivity contribution in [1.29, 1.82) is 0 Å². The fourth-order valence-electron chi connectivity index (χ4n) is 4.14. The number of ether oxygens (including phenoxy) is 2. The van der Waals surface area contributed by atoms with E-state index in [9.17, 15) is 4.79 Å². The summed E-state index contributed by atoms with van der Waals surface area (Å²) in [5.74, 6) is 0.648. The molecule has 5 nitrogen and oxygen atoms in total. The Balaban J connectivity index is 0.00000256. The summed E-state index contributed by atoms with van der Waals surface area (Å²) in [6.07, 6.45) is 3.12. The van der Waals surface area contributed by atoms with Crippen LogP contribution < -0.4 is 4.74 Å². The Bertz CT molecular complexity index is 914. The van der Waals surface area contributed by atoms with Crippen molar-refractivity contribution in [3.8, 4) is 5.75 Å². The van der Waals surface area contributed by atoms with Gasteiger partial charge >= 0.3 is 5.97 Å². The van der Waals surface area contributed by atoms with E-state index in [4.69, 9.17) is 14.6 Å². The zero-order valence-corrected chi connectivity index (χ0v) is 18.8. The molecule has 3 heterocycles. The van der Waals surface area contributed by atoms with Crippen molar-refractivity contribution in [2.45, 2.75) is 32.3 Å². The van der Waals surface area contributed by atoms with E-state index >= 15 is 0 Å². The summed E-state index contributed by atoms with van der Waals surface area (Å²) >= 11 is 1.77. The van der Waals surface area contributed by atoms with Gasteiger partial charge in [0, 0.05) is 47.8 Å². The number of aliphatic hydroxyl groups excluding tert-OH is 1. The molecule has 0 saturated carbocycles. The van der Waals surface area contributed by atoms with Crippen LogP contribution in [0.4, 0.5) is 0 Å². The number of likely N-dealkylation sites (tertiary alicyclic amines) is 1. The first-order valence-corrected chi connectivity index (χ1v) is 11.0. The monoisotopic (exact) mass is 449 g/mol. The van der Waals surface area contributed by atoms with Gasteiger partial charge in [0.05, 0.1) is 13.5 Å². The molecule has 2 aliphatic rings. The lowest BCUT2D eigenvalue weighted by molar-refractivity contribution is -0.139. The van der Waals surface area contributed by atoms with E-state index in [-0.39, 0.29) is 31.4 Å². The second-order valence-corrected chi connectivity index (χ2v) is 8.46. The molecule has 0 amide bonds. The summed E-state index contributed by atoms with van der Waals surface area (Å²) in [4.78, 5) is 15.5. The first kappa shape index (κ1) is 22.8. The number of methoxy groups -OCH3 is 1. The highest BCUT2D eigenvalue weighted by atomic mass is 35.5.